The molecule has 0 spiro atoms. The molecular formula is C17H17NO2S. The molecule has 1 heterocycles. The Bertz CT molecular complexity index is 682. The van der Waals surface area contributed by atoms with Crippen LogP contribution in [0.3, 0.4) is 0 Å². The Morgan fingerprint density at radius 1 is 1.24 bits per heavy atom. The second-order valence-corrected chi connectivity index (χ2v) is 7.13. The minimum atomic E-state index is -0.720. The van der Waals surface area contributed by atoms with E-state index in [2.05, 4.69) is 24.3 Å². The van der Waals surface area contributed by atoms with Crippen LogP contribution in [0.2, 0.25) is 0 Å². The first-order chi connectivity index (χ1) is 10.2. The van der Waals surface area contributed by atoms with E-state index in [1.165, 1.54) is 16.0 Å². The van der Waals surface area contributed by atoms with Crippen molar-refractivity contribution < 1.29 is 9.90 Å². The SMILES string of the molecule is O=C(O)C1CCCc2sc(C3Cc4ccccc4C3)nc21. The number of carbonyl (C=O) groups is 1. The summed E-state index contributed by atoms with van der Waals surface area (Å²) >= 11 is 1.75. The molecule has 0 saturated carbocycles. The maximum atomic E-state index is 11.4. The van der Waals surface area contributed by atoms with Crippen LogP contribution in [0.15, 0.2) is 24.3 Å². The second-order valence-electron chi connectivity index (χ2n) is 6.02. The Labute approximate surface area is 127 Å². The minimum absolute atomic E-state index is 0.387. The maximum absolute atomic E-state index is 11.4. The summed E-state index contributed by atoms with van der Waals surface area (Å²) in [6.45, 7) is 0. The van der Waals surface area contributed by atoms with Gasteiger partial charge in [-0.05, 0) is 43.2 Å². The third-order valence-electron chi connectivity index (χ3n) is 4.67. The monoisotopic (exact) mass is 299 g/mol. The number of hydrogen-bond acceptors (Lipinski definition) is 3. The molecule has 1 atom stereocenters. The van der Waals surface area contributed by atoms with Crippen LogP contribution in [0.4, 0.5) is 0 Å². The van der Waals surface area contributed by atoms with E-state index >= 15 is 0 Å². The summed E-state index contributed by atoms with van der Waals surface area (Å²) in [5, 5.41) is 10.5. The molecule has 0 saturated heterocycles. The molecule has 0 bridgehead atoms. The lowest BCUT2D eigenvalue weighted by Crippen LogP contribution is -2.17. The number of rotatable bonds is 2. The van der Waals surface area contributed by atoms with E-state index in [4.69, 9.17) is 4.98 Å². The van der Waals surface area contributed by atoms with E-state index in [1.54, 1.807) is 11.3 Å². The lowest BCUT2D eigenvalue weighted by Gasteiger charge is -2.16. The van der Waals surface area contributed by atoms with Crippen molar-refractivity contribution in [3.05, 3.63) is 51.0 Å². The number of fused-ring (bicyclic) bond motifs is 2. The number of carboxylic acid groups (broad SMARTS) is 1. The van der Waals surface area contributed by atoms with Crippen molar-refractivity contribution in [2.45, 2.75) is 43.9 Å². The maximum Gasteiger partial charge on any atom is 0.312 e. The van der Waals surface area contributed by atoms with Gasteiger partial charge in [0.2, 0.25) is 0 Å². The van der Waals surface area contributed by atoms with Crippen LogP contribution in [0.25, 0.3) is 0 Å². The van der Waals surface area contributed by atoms with E-state index in [0.29, 0.717) is 5.92 Å². The van der Waals surface area contributed by atoms with E-state index in [1.807, 2.05) is 0 Å². The Morgan fingerprint density at radius 3 is 2.62 bits per heavy atom. The lowest BCUT2D eigenvalue weighted by molar-refractivity contribution is -0.139. The lowest BCUT2D eigenvalue weighted by atomic mass is 9.91. The molecule has 1 aromatic carbocycles. The van der Waals surface area contributed by atoms with Crippen LogP contribution in [0, 0.1) is 0 Å². The highest BCUT2D eigenvalue weighted by Crippen LogP contribution is 2.41. The summed E-state index contributed by atoms with van der Waals surface area (Å²) in [6.07, 6.45) is 4.78. The largest absolute Gasteiger partial charge is 0.481 e. The number of thiazole rings is 1. The molecule has 21 heavy (non-hydrogen) atoms. The van der Waals surface area contributed by atoms with E-state index in [0.717, 1.165) is 42.8 Å². The molecule has 0 fully saturated rings. The van der Waals surface area contributed by atoms with E-state index < -0.39 is 5.97 Å². The fourth-order valence-corrected chi connectivity index (χ4v) is 4.85. The smallest absolute Gasteiger partial charge is 0.312 e. The molecule has 2 aromatic rings. The number of aromatic nitrogens is 1. The van der Waals surface area contributed by atoms with Gasteiger partial charge in [0.1, 0.15) is 0 Å². The first-order valence-electron chi connectivity index (χ1n) is 7.51. The topological polar surface area (TPSA) is 50.2 Å². The quantitative estimate of drug-likeness (QED) is 0.923. The van der Waals surface area contributed by atoms with Crippen molar-refractivity contribution in [3.63, 3.8) is 0 Å². The summed E-state index contributed by atoms with van der Waals surface area (Å²) < 4.78 is 0. The van der Waals surface area contributed by atoms with Gasteiger partial charge in [-0.2, -0.15) is 0 Å². The summed E-state index contributed by atoms with van der Waals surface area (Å²) in [5.41, 5.74) is 3.70. The molecule has 0 radical (unpaired) electrons. The average Bonchev–Trinajstić information content (AvgIpc) is 3.09. The number of nitrogens with zero attached hydrogens (tertiary/aromatic N) is 1. The number of benzene rings is 1. The van der Waals surface area contributed by atoms with Gasteiger partial charge in [-0.25, -0.2) is 4.98 Å². The zero-order chi connectivity index (χ0) is 14.4. The normalized spacial score (nSPS) is 21.0. The van der Waals surface area contributed by atoms with Crippen LogP contribution < -0.4 is 0 Å². The predicted octanol–water partition coefficient (Wildman–Crippen LogP) is 3.53. The summed E-state index contributed by atoms with van der Waals surface area (Å²) in [4.78, 5) is 17.4. The molecule has 108 valence electrons. The number of aliphatic carboxylic acids is 1. The molecule has 2 aliphatic carbocycles. The fraction of sp³-hybridized carbons (Fsp3) is 0.412. The zero-order valence-corrected chi connectivity index (χ0v) is 12.5. The minimum Gasteiger partial charge on any atom is -0.481 e. The summed E-state index contributed by atoms with van der Waals surface area (Å²) in [6, 6.07) is 8.58. The third kappa shape index (κ3) is 2.18. The molecule has 1 unspecified atom stereocenters. The molecule has 4 heteroatoms. The molecule has 1 aromatic heterocycles. The molecule has 3 nitrogen and oxygen atoms in total. The molecule has 4 rings (SSSR count). The van der Waals surface area contributed by atoms with Gasteiger partial charge in [-0.15, -0.1) is 11.3 Å². The number of aryl methyl sites for hydroxylation is 1. The Hall–Kier alpha value is -1.68. The van der Waals surface area contributed by atoms with Gasteiger partial charge in [-0.3, -0.25) is 4.79 Å². The zero-order valence-electron chi connectivity index (χ0n) is 11.7. The van der Waals surface area contributed by atoms with Crippen LogP contribution in [0.5, 0.6) is 0 Å². The van der Waals surface area contributed by atoms with Gasteiger partial charge in [0.05, 0.1) is 16.6 Å². The Morgan fingerprint density at radius 2 is 1.95 bits per heavy atom. The van der Waals surface area contributed by atoms with Crippen LogP contribution in [-0.4, -0.2) is 16.1 Å². The molecule has 2 aliphatic rings. The fourth-order valence-electron chi connectivity index (χ4n) is 3.59. The number of hydrogen-bond donors (Lipinski definition) is 1. The van der Waals surface area contributed by atoms with Crippen molar-refractivity contribution in [3.8, 4) is 0 Å². The number of carboxylic acids is 1. The second kappa shape index (κ2) is 4.95. The van der Waals surface area contributed by atoms with Gasteiger partial charge in [0.25, 0.3) is 0 Å². The van der Waals surface area contributed by atoms with Crippen molar-refractivity contribution in [1.82, 2.24) is 4.98 Å². The highest BCUT2D eigenvalue weighted by atomic mass is 32.1. The molecule has 0 aliphatic heterocycles. The Balaban J connectivity index is 1.65. The molecule has 0 amide bonds. The van der Waals surface area contributed by atoms with Crippen molar-refractivity contribution >= 4 is 17.3 Å². The van der Waals surface area contributed by atoms with Gasteiger partial charge >= 0.3 is 5.97 Å². The van der Waals surface area contributed by atoms with Crippen molar-refractivity contribution in [1.29, 1.82) is 0 Å². The molecular weight excluding hydrogens is 282 g/mol. The summed E-state index contributed by atoms with van der Waals surface area (Å²) in [7, 11) is 0. The van der Waals surface area contributed by atoms with Crippen molar-refractivity contribution in [2.24, 2.45) is 0 Å². The van der Waals surface area contributed by atoms with Gasteiger partial charge in [-0.1, -0.05) is 24.3 Å². The van der Waals surface area contributed by atoms with Crippen molar-refractivity contribution in [2.75, 3.05) is 0 Å². The van der Waals surface area contributed by atoms with E-state index in [-0.39, 0.29) is 5.92 Å². The van der Waals surface area contributed by atoms with E-state index in [9.17, 15) is 9.90 Å². The highest BCUT2D eigenvalue weighted by molar-refractivity contribution is 7.11. The third-order valence-corrected chi connectivity index (χ3v) is 5.96. The summed E-state index contributed by atoms with van der Waals surface area (Å²) in [5.74, 6) is -0.669. The van der Waals surface area contributed by atoms with Gasteiger partial charge in [0.15, 0.2) is 0 Å². The highest BCUT2D eigenvalue weighted by Gasteiger charge is 2.32. The van der Waals surface area contributed by atoms with Gasteiger partial charge < -0.3 is 5.11 Å². The molecule has 1 N–H and O–H groups in total. The Kier molecular flexibility index (Phi) is 3.07. The van der Waals surface area contributed by atoms with Crippen LogP contribution in [-0.2, 0) is 24.1 Å². The first kappa shape index (κ1) is 13.0. The first-order valence-corrected chi connectivity index (χ1v) is 8.33. The average molecular weight is 299 g/mol. The van der Waals surface area contributed by atoms with Gasteiger partial charge in [0, 0.05) is 10.8 Å². The standard InChI is InChI=1S/C17H17NO2S/c19-17(20)13-6-3-7-14-15(13)18-16(21-14)12-8-10-4-1-2-5-11(10)9-12/h1-2,4-5,12-13H,3,6-9H2,(H,19,20). The van der Waals surface area contributed by atoms with Crippen LogP contribution >= 0.6 is 11.3 Å². The van der Waals surface area contributed by atoms with Crippen LogP contribution in [0.1, 0.15) is 51.4 Å². The predicted molar refractivity (Wildman–Crippen MR) is 82.0 cm³/mol.